The maximum absolute atomic E-state index is 6.33. The van der Waals surface area contributed by atoms with Gasteiger partial charge in [0.15, 0.2) is 5.11 Å². The molecule has 4 nitrogen and oxygen atoms in total. The Hall–Kier alpha value is -3.15. The van der Waals surface area contributed by atoms with Crippen LogP contribution in [0.3, 0.4) is 0 Å². The number of furan rings is 1. The number of pyridine rings is 1. The average molecular weight is 432 g/mol. The number of nitrogens with one attached hydrogen (secondary N) is 1. The lowest BCUT2D eigenvalue weighted by Gasteiger charge is -2.26. The van der Waals surface area contributed by atoms with Crippen molar-refractivity contribution in [1.82, 2.24) is 10.3 Å². The summed E-state index contributed by atoms with van der Waals surface area (Å²) in [6.07, 6.45) is 1.79. The van der Waals surface area contributed by atoms with E-state index in [9.17, 15) is 0 Å². The van der Waals surface area contributed by atoms with Gasteiger partial charge in [-0.1, -0.05) is 48.0 Å². The highest BCUT2D eigenvalue weighted by Crippen LogP contribution is 2.43. The minimum absolute atomic E-state index is 0.149. The first kappa shape index (κ1) is 18.9. The van der Waals surface area contributed by atoms with E-state index in [0.717, 1.165) is 28.5 Å². The van der Waals surface area contributed by atoms with Gasteiger partial charge in [-0.15, -0.1) is 0 Å². The molecule has 1 aliphatic rings. The van der Waals surface area contributed by atoms with Crippen LogP contribution in [0.5, 0.6) is 0 Å². The molecule has 4 aromatic rings. The molecule has 0 spiro atoms. The van der Waals surface area contributed by atoms with E-state index >= 15 is 0 Å². The van der Waals surface area contributed by atoms with Crippen LogP contribution < -0.4 is 10.2 Å². The van der Waals surface area contributed by atoms with E-state index in [-0.39, 0.29) is 12.1 Å². The standard InChI is InChI=1S/C24H18ClN3OS/c25-17-9-11-18(12-10-17)28-23(22(27-24(28)30)19-8-4-5-15-26-19)21-14-13-20(29-21)16-6-2-1-3-7-16/h1-15,22-23H,(H,27,30)/t22-,23+/m1/s1. The van der Waals surface area contributed by atoms with Gasteiger partial charge in [-0.2, -0.15) is 0 Å². The molecule has 30 heavy (non-hydrogen) atoms. The Morgan fingerprint density at radius 3 is 2.40 bits per heavy atom. The zero-order valence-electron chi connectivity index (χ0n) is 15.9. The Morgan fingerprint density at radius 2 is 1.67 bits per heavy atom. The summed E-state index contributed by atoms with van der Waals surface area (Å²) in [6, 6.07) is 27.3. The normalized spacial score (nSPS) is 18.4. The third kappa shape index (κ3) is 3.47. The first-order valence-electron chi connectivity index (χ1n) is 9.62. The van der Waals surface area contributed by atoms with Crippen LogP contribution in [0.25, 0.3) is 11.3 Å². The van der Waals surface area contributed by atoms with Crippen LogP contribution in [0, 0.1) is 0 Å². The highest BCUT2D eigenvalue weighted by atomic mass is 35.5. The van der Waals surface area contributed by atoms with Crippen molar-refractivity contribution < 1.29 is 4.42 Å². The SMILES string of the molecule is S=C1N[C@H](c2ccccn2)[C@H](c2ccc(-c3ccccc3)o2)N1c1ccc(Cl)cc1. The lowest BCUT2D eigenvalue weighted by Crippen LogP contribution is -2.29. The summed E-state index contributed by atoms with van der Waals surface area (Å²) < 4.78 is 6.33. The van der Waals surface area contributed by atoms with Gasteiger partial charge < -0.3 is 14.6 Å². The summed E-state index contributed by atoms with van der Waals surface area (Å²) in [5.41, 5.74) is 2.88. The van der Waals surface area contributed by atoms with Gasteiger partial charge in [-0.25, -0.2) is 0 Å². The molecule has 1 fully saturated rings. The summed E-state index contributed by atoms with van der Waals surface area (Å²) in [6.45, 7) is 0. The Labute approximate surface area is 185 Å². The Kier molecular flexibility index (Phi) is 4.99. The van der Waals surface area contributed by atoms with E-state index in [2.05, 4.69) is 15.2 Å². The first-order valence-corrected chi connectivity index (χ1v) is 10.4. The number of hydrogen-bond donors (Lipinski definition) is 1. The number of hydrogen-bond acceptors (Lipinski definition) is 3. The molecule has 2 atom stereocenters. The minimum Gasteiger partial charge on any atom is -0.459 e. The molecule has 2 aromatic carbocycles. The molecule has 5 rings (SSSR count). The van der Waals surface area contributed by atoms with Crippen molar-refractivity contribution in [1.29, 1.82) is 0 Å². The third-order valence-electron chi connectivity index (χ3n) is 5.18. The highest BCUT2D eigenvalue weighted by Gasteiger charge is 2.42. The topological polar surface area (TPSA) is 41.3 Å². The van der Waals surface area contributed by atoms with Crippen LogP contribution in [0.2, 0.25) is 5.02 Å². The third-order valence-corrected chi connectivity index (χ3v) is 5.75. The molecule has 0 aliphatic carbocycles. The Balaban J connectivity index is 1.60. The molecule has 2 aromatic heterocycles. The fourth-order valence-electron chi connectivity index (χ4n) is 3.79. The first-order chi connectivity index (χ1) is 14.7. The average Bonchev–Trinajstić information content (AvgIpc) is 3.40. The molecule has 0 radical (unpaired) electrons. The number of rotatable bonds is 4. The van der Waals surface area contributed by atoms with Crippen LogP contribution in [-0.2, 0) is 0 Å². The molecule has 0 saturated carbocycles. The van der Waals surface area contributed by atoms with Crippen LogP contribution >= 0.6 is 23.8 Å². The molecule has 1 aliphatic heterocycles. The molecule has 1 N–H and O–H groups in total. The van der Waals surface area contributed by atoms with Gasteiger partial charge in [-0.3, -0.25) is 4.98 Å². The van der Waals surface area contributed by atoms with Crippen LogP contribution in [0.1, 0.15) is 23.5 Å². The number of thiocarbonyl (C=S) groups is 1. The molecule has 0 amide bonds. The van der Waals surface area contributed by atoms with Crippen molar-refractivity contribution in [2.45, 2.75) is 12.1 Å². The molecule has 148 valence electrons. The van der Waals surface area contributed by atoms with Crippen molar-refractivity contribution in [2.75, 3.05) is 4.90 Å². The number of nitrogens with zero attached hydrogens (tertiary/aromatic N) is 2. The summed E-state index contributed by atoms with van der Waals surface area (Å²) in [7, 11) is 0. The van der Waals surface area contributed by atoms with Gasteiger partial charge in [0.1, 0.15) is 17.6 Å². The highest BCUT2D eigenvalue weighted by molar-refractivity contribution is 7.80. The van der Waals surface area contributed by atoms with E-state index < -0.39 is 0 Å². The molecular formula is C24H18ClN3OS. The maximum atomic E-state index is 6.33. The lowest BCUT2D eigenvalue weighted by atomic mass is 10.0. The summed E-state index contributed by atoms with van der Waals surface area (Å²) in [5.74, 6) is 1.63. The Morgan fingerprint density at radius 1 is 0.900 bits per heavy atom. The Bertz CT molecular complexity index is 1160. The summed E-state index contributed by atoms with van der Waals surface area (Å²) in [4.78, 5) is 6.63. The second-order valence-electron chi connectivity index (χ2n) is 7.04. The van der Waals surface area contributed by atoms with E-state index in [1.165, 1.54) is 0 Å². The minimum atomic E-state index is -0.189. The largest absolute Gasteiger partial charge is 0.459 e. The monoisotopic (exact) mass is 431 g/mol. The van der Waals surface area contributed by atoms with Gasteiger partial charge in [0, 0.05) is 22.5 Å². The van der Waals surface area contributed by atoms with Gasteiger partial charge in [0.25, 0.3) is 0 Å². The smallest absolute Gasteiger partial charge is 0.174 e. The van der Waals surface area contributed by atoms with Gasteiger partial charge >= 0.3 is 0 Å². The summed E-state index contributed by atoms with van der Waals surface area (Å²) in [5, 5.41) is 4.73. The van der Waals surface area contributed by atoms with Gasteiger partial charge in [0.2, 0.25) is 0 Å². The van der Waals surface area contributed by atoms with E-state index in [1.807, 2.05) is 84.9 Å². The fourth-order valence-corrected chi connectivity index (χ4v) is 4.26. The van der Waals surface area contributed by atoms with E-state index in [4.69, 9.17) is 28.2 Å². The van der Waals surface area contributed by atoms with Crippen LogP contribution in [0.4, 0.5) is 5.69 Å². The lowest BCUT2D eigenvalue weighted by molar-refractivity contribution is 0.439. The molecular weight excluding hydrogens is 414 g/mol. The van der Waals surface area contributed by atoms with Crippen molar-refractivity contribution >= 4 is 34.6 Å². The van der Waals surface area contributed by atoms with Crippen molar-refractivity contribution in [2.24, 2.45) is 0 Å². The maximum Gasteiger partial charge on any atom is 0.174 e. The van der Waals surface area contributed by atoms with E-state index in [0.29, 0.717) is 10.1 Å². The van der Waals surface area contributed by atoms with Gasteiger partial charge in [0.05, 0.1) is 11.7 Å². The molecule has 6 heteroatoms. The van der Waals surface area contributed by atoms with Crippen molar-refractivity contribution in [3.8, 4) is 11.3 Å². The quantitative estimate of drug-likeness (QED) is 0.391. The molecule has 1 saturated heterocycles. The summed E-state index contributed by atoms with van der Waals surface area (Å²) >= 11 is 11.8. The number of benzene rings is 2. The molecule has 0 bridgehead atoms. The molecule has 3 heterocycles. The number of anilines is 1. The number of halogens is 1. The zero-order chi connectivity index (χ0) is 20.5. The van der Waals surface area contributed by atoms with E-state index in [1.54, 1.807) is 6.20 Å². The van der Waals surface area contributed by atoms with Crippen LogP contribution in [0.15, 0.2) is 95.5 Å². The van der Waals surface area contributed by atoms with Crippen molar-refractivity contribution in [3.63, 3.8) is 0 Å². The van der Waals surface area contributed by atoms with Crippen LogP contribution in [-0.4, -0.2) is 10.1 Å². The van der Waals surface area contributed by atoms with Crippen molar-refractivity contribution in [3.05, 3.63) is 108 Å². The molecule has 0 unspecified atom stereocenters. The second kappa shape index (κ2) is 7.94. The predicted octanol–water partition coefficient (Wildman–Crippen LogP) is 6.17. The van der Waals surface area contributed by atoms with Gasteiger partial charge in [-0.05, 0) is 60.7 Å². The fraction of sp³-hybridized carbons (Fsp3) is 0.0833. The zero-order valence-corrected chi connectivity index (χ0v) is 17.5. The number of aromatic nitrogens is 1. The predicted molar refractivity (Wildman–Crippen MR) is 124 cm³/mol. The second-order valence-corrected chi connectivity index (χ2v) is 7.86.